The van der Waals surface area contributed by atoms with Gasteiger partial charge in [0.1, 0.15) is 10.8 Å². The molecule has 2 amide bonds. The topological polar surface area (TPSA) is 93.7 Å². The minimum absolute atomic E-state index is 0.0688. The van der Waals surface area contributed by atoms with Gasteiger partial charge in [-0.1, -0.05) is 17.7 Å². The van der Waals surface area contributed by atoms with Crippen LogP contribution in [0, 0.1) is 13.8 Å². The van der Waals surface area contributed by atoms with Crippen molar-refractivity contribution in [3.63, 3.8) is 0 Å². The maximum absolute atomic E-state index is 12.6. The number of hydrogen-bond donors (Lipinski definition) is 2. The highest BCUT2D eigenvalue weighted by Gasteiger charge is 2.26. The molecular weight excluding hydrogens is 380 g/mol. The summed E-state index contributed by atoms with van der Waals surface area (Å²) in [6.45, 7) is 5.48. The summed E-state index contributed by atoms with van der Waals surface area (Å²) < 4.78 is 10.4. The lowest BCUT2D eigenvalue weighted by Crippen LogP contribution is -2.18. The molecule has 0 aliphatic rings. The molecular formula is C20H24N2O5S. The van der Waals surface area contributed by atoms with E-state index >= 15 is 0 Å². The second kappa shape index (κ2) is 9.36. The Morgan fingerprint density at radius 2 is 1.89 bits per heavy atom. The van der Waals surface area contributed by atoms with Crippen molar-refractivity contribution < 1.29 is 23.9 Å². The van der Waals surface area contributed by atoms with Gasteiger partial charge in [-0.05, 0) is 32.4 Å². The first kappa shape index (κ1) is 21.4. The van der Waals surface area contributed by atoms with Crippen LogP contribution in [0.1, 0.15) is 43.6 Å². The first-order valence-electron chi connectivity index (χ1n) is 8.78. The van der Waals surface area contributed by atoms with Crippen LogP contribution in [0.4, 0.5) is 5.00 Å². The predicted octanol–water partition coefficient (Wildman–Crippen LogP) is 3.09. The van der Waals surface area contributed by atoms with Gasteiger partial charge in [-0.3, -0.25) is 9.59 Å². The fourth-order valence-electron chi connectivity index (χ4n) is 2.77. The fraction of sp³-hybridized carbons (Fsp3) is 0.350. The highest BCUT2D eigenvalue weighted by Crippen LogP contribution is 2.34. The molecule has 0 saturated heterocycles. The lowest BCUT2D eigenvalue weighted by atomic mass is 10.1. The number of carbonyl (C=O) groups is 3. The van der Waals surface area contributed by atoms with Crippen molar-refractivity contribution in [1.29, 1.82) is 0 Å². The summed E-state index contributed by atoms with van der Waals surface area (Å²) in [5.41, 5.74) is 2.42. The summed E-state index contributed by atoms with van der Waals surface area (Å²) in [7, 11) is 3.05. The van der Waals surface area contributed by atoms with Crippen LogP contribution in [0.15, 0.2) is 18.2 Å². The molecule has 0 radical (unpaired) electrons. The molecule has 2 rings (SSSR count). The molecule has 8 heteroatoms. The Bertz CT molecular complexity index is 904. The number of hydrogen-bond acceptors (Lipinski definition) is 6. The van der Waals surface area contributed by atoms with E-state index in [1.165, 1.54) is 7.05 Å². The van der Waals surface area contributed by atoms with E-state index in [0.717, 1.165) is 22.5 Å². The Kier molecular flexibility index (Phi) is 7.17. The highest BCUT2D eigenvalue weighted by atomic mass is 32.1. The SMILES string of the molecule is CCOC(=O)c1c(NC(=O)Cc2cc(C)ccc2OC)sc(C(=O)NC)c1C. The largest absolute Gasteiger partial charge is 0.496 e. The molecule has 1 heterocycles. The number of methoxy groups -OCH3 is 1. The number of esters is 1. The highest BCUT2D eigenvalue weighted by molar-refractivity contribution is 7.18. The number of thiophene rings is 1. The van der Waals surface area contributed by atoms with Gasteiger partial charge in [0.15, 0.2) is 0 Å². The Hall–Kier alpha value is -2.87. The minimum atomic E-state index is -0.574. The number of anilines is 1. The number of aryl methyl sites for hydroxylation is 1. The number of rotatable bonds is 7. The van der Waals surface area contributed by atoms with E-state index < -0.39 is 5.97 Å². The van der Waals surface area contributed by atoms with Crippen LogP contribution in [-0.4, -0.2) is 38.5 Å². The van der Waals surface area contributed by atoms with Crippen molar-refractivity contribution in [3.8, 4) is 5.75 Å². The molecule has 2 aromatic rings. The van der Waals surface area contributed by atoms with Crippen LogP contribution in [0.25, 0.3) is 0 Å². The smallest absolute Gasteiger partial charge is 0.341 e. The van der Waals surface area contributed by atoms with Crippen LogP contribution in [0.3, 0.4) is 0 Å². The first-order chi connectivity index (χ1) is 13.3. The Morgan fingerprint density at radius 1 is 1.18 bits per heavy atom. The Labute approximate surface area is 168 Å². The maximum Gasteiger partial charge on any atom is 0.341 e. The van der Waals surface area contributed by atoms with Crippen LogP contribution in [0.5, 0.6) is 5.75 Å². The van der Waals surface area contributed by atoms with Crippen LogP contribution >= 0.6 is 11.3 Å². The van der Waals surface area contributed by atoms with Crippen molar-refractivity contribution in [2.75, 3.05) is 26.1 Å². The van der Waals surface area contributed by atoms with Crippen LogP contribution in [0.2, 0.25) is 0 Å². The van der Waals surface area contributed by atoms with Crippen molar-refractivity contribution in [2.45, 2.75) is 27.2 Å². The zero-order chi connectivity index (χ0) is 20.8. The molecule has 0 aliphatic heterocycles. The van der Waals surface area contributed by atoms with Crippen LogP contribution in [-0.2, 0) is 16.0 Å². The molecule has 0 fully saturated rings. The quantitative estimate of drug-likeness (QED) is 0.692. The van der Waals surface area contributed by atoms with Gasteiger partial charge in [0, 0.05) is 12.6 Å². The van der Waals surface area contributed by atoms with E-state index in [1.807, 2.05) is 19.1 Å². The van der Waals surface area contributed by atoms with Gasteiger partial charge in [-0.15, -0.1) is 11.3 Å². The third-order valence-corrected chi connectivity index (χ3v) is 5.31. The van der Waals surface area contributed by atoms with E-state index in [1.54, 1.807) is 27.0 Å². The van der Waals surface area contributed by atoms with Crippen molar-refractivity contribution in [1.82, 2.24) is 5.32 Å². The van der Waals surface area contributed by atoms with E-state index in [9.17, 15) is 14.4 Å². The number of ether oxygens (including phenoxy) is 2. The number of benzene rings is 1. The lowest BCUT2D eigenvalue weighted by molar-refractivity contribution is -0.115. The molecule has 0 spiro atoms. The Balaban J connectivity index is 2.34. The molecule has 0 bridgehead atoms. The Morgan fingerprint density at radius 3 is 2.50 bits per heavy atom. The fourth-order valence-corrected chi connectivity index (χ4v) is 3.93. The van der Waals surface area contributed by atoms with Gasteiger partial charge >= 0.3 is 5.97 Å². The molecule has 0 aliphatic carbocycles. The zero-order valence-corrected chi connectivity index (χ0v) is 17.4. The zero-order valence-electron chi connectivity index (χ0n) is 16.6. The molecule has 1 aromatic carbocycles. The van der Waals surface area contributed by atoms with E-state index in [4.69, 9.17) is 9.47 Å². The van der Waals surface area contributed by atoms with Crippen LogP contribution < -0.4 is 15.4 Å². The van der Waals surface area contributed by atoms with Gasteiger partial charge in [0.25, 0.3) is 5.91 Å². The molecule has 0 unspecified atom stereocenters. The predicted molar refractivity (Wildman–Crippen MR) is 108 cm³/mol. The van der Waals surface area contributed by atoms with Crippen molar-refractivity contribution in [2.24, 2.45) is 0 Å². The number of nitrogens with one attached hydrogen (secondary N) is 2. The number of carbonyl (C=O) groups excluding carboxylic acids is 3. The van der Waals surface area contributed by atoms with Gasteiger partial charge < -0.3 is 20.1 Å². The van der Waals surface area contributed by atoms with Gasteiger partial charge in [-0.25, -0.2) is 4.79 Å². The minimum Gasteiger partial charge on any atom is -0.496 e. The second-order valence-electron chi connectivity index (χ2n) is 6.10. The van der Waals surface area contributed by atoms with Gasteiger partial charge in [0.2, 0.25) is 5.91 Å². The molecule has 28 heavy (non-hydrogen) atoms. The average molecular weight is 404 g/mol. The second-order valence-corrected chi connectivity index (χ2v) is 7.12. The summed E-state index contributed by atoms with van der Waals surface area (Å²) in [6.07, 6.45) is 0.0688. The summed E-state index contributed by atoms with van der Waals surface area (Å²) in [5.74, 6) is -0.609. The molecule has 2 N–H and O–H groups in total. The monoisotopic (exact) mass is 404 g/mol. The summed E-state index contributed by atoms with van der Waals surface area (Å²) in [6, 6.07) is 5.58. The van der Waals surface area contributed by atoms with E-state index in [0.29, 0.717) is 21.2 Å². The van der Waals surface area contributed by atoms with E-state index in [2.05, 4.69) is 10.6 Å². The third-order valence-electron chi connectivity index (χ3n) is 4.10. The molecule has 0 saturated carbocycles. The average Bonchev–Trinajstić information content (AvgIpc) is 2.97. The summed E-state index contributed by atoms with van der Waals surface area (Å²) >= 11 is 1.05. The number of amides is 2. The molecule has 1 aromatic heterocycles. The molecule has 7 nitrogen and oxygen atoms in total. The van der Waals surface area contributed by atoms with Gasteiger partial charge in [-0.2, -0.15) is 0 Å². The van der Waals surface area contributed by atoms with Gasteiger partial charge in [0.05, 0.1) is 30.6 Å². The first-order valence-corrected chi connectivity index (χ1v) is 9.59. The molecule has 0 atom stereocenters. The lowest BCUT2D eigenvalue weighted by Gasteiger charge is -2.10. The summed E-state index contributed by atoms with van der Waals surface area (Å²) in [5, 5.41) is 5.59. The standard InChI is InChI=1S/C20H24N2O5S/c1-6-27-20(25)16-12(3)17(18(24)21-4)28-19(16)22-15(23)10-13-9-11(2)7-8-14(13)26-5/h7-9H,6,10H2,1-5H3,(H,21,24)(H,22,23). The normalized spacial score (nSPS) is 10.3. The summed E-state index contributed by atoms with van der Waals surface area (Å²) in [4.78, 5) is 37.5. The van der Waals surface area contributed by atoms with Crippen molar-refractivity contribution >= 4 is 34.1 Å². The van der Waals surface area contributed by atoms with Crippen molar-refractivity contribution in [3.05, 3.63) is 45.3 Å². The maximum atomic E-state index is 12.6. The third kappa shape index (κ3) is 4.69. The van der Waals surface area contributed by atoms with E-state index in [-0.39, 0.29) is 30.4 Å². The molecule has 150 valence electrons.